The first-order valence-corrected chi connectivity index (χ1v) is 18.7. The topological polar surface area (TPSA) is 75.5 Å². The molecule has 1 unspecified atom stereocenters. The van der Waals surface area contributed by atoms with Gasteiger partial charge in [-0.25, -0.2) is 9.97 Å². The summed E-state index contributed by atoms with van der Waals surface area (Å²) in [4.78, 5) is 12.7. The van der Waals surface area contributed by atoms with Gasteiger partial charge in [0.2, 0.25) is 0 Å². The van der Waals surface area contributed by atoms with E-state index in [1.807, 2.05) is 48.8 Å². The Morgan fingerprint density at radius 1 is 0.545 bits per heavy atom. The van der Waals surface area contributed by atoms with Gasteiger partial charge in [0.05, 0.1) is 17.4 Å². The molecule has 1 atom stereocenters. The molecule has 12 rings (SSSR count). The second kappa shape index (κ2) is 11.1. The zero-order valence-corrected chi connectivity index (χ0v) is 29.9. The number of hydrogen-bond acceptors (Lipinski definition) is 4. The quantitative estimate of drug-likeness (QED) is 0.156. The van der Waals surface area contributed by atoms with Gasteiger partial charge in [-0.2, -0.15) is 0 Å². The molecule has 258 valence electrons. The molecule has 0 fully saturated rings. The number of benzene rings is 8. The first-order chi connectivity index (χ1) is 27.1. The summed E-state index contributed by atoms with van der Waals surface area (Å²) in [7, 11) is 0. The highest BCUT2D eigenvalue weighted by molar-refractivity contribution is 6.31. The molecule has 6 heteroatoms. The van der Waals surface area contributed by atoms with Gasteiger partial charge in [-0.1, -0.05) is 103 Å². The summed E-state index contributed by atoms with van der Waals surface area (Å²) in [5.74, 6) is 2.50. The molecule has 6 nitrogen and oxygen atoms in total. The zero-order chi connectivity index (χ0) is 36.3. The second-order valence-electron chi connectivity index (χ2n) is 14.8. The fourth-order valence-corrected chi connectivity index (χ4v) is 9.36. The van der Waals surface area contributed by atoms with Gasteiger partial charge in [0, 0.05) is 34.3 Å². The van der Waals surface area contributed by atoms with Crippen LogP contribution in [0.1, 0.15) is 18.1 Å². The van der Waals surface area contributed by atoms with Crippen molar-refractivity contribution in [3.63, 3.8) is 0 Å². The van der Waals surface area contributed by atoms with Gasteiger partial charge in [0.25, 0.3) is 5.84 Å². The SMILES string of the molecule is CC1(Nc2ccccn2)Nc2ccc(-c3ccc4ccc5c(-c6ccc7c8c(cccc68)NC7=Nc6cccc[nH+]6)ccc6ccc3c4c65)c3cccc1c23. The minimum atomic E-state index is -0.499. The van der Waals surface area contributed by atoms with E-state index < -0.39 is 5.66 Å². The molecular weight excluding hydrogens is 673 g/mol. The van der Waals surface area contributed by atoms with E-state index in [4.69, 9.17) is 4.99 Å². The molecule has 0 saturated heterocycles. The Balaban J connectivity index is 1.03. The summed E-state index contributed by atoms with van der Waals surface area (Å²) < 4.78 is 0. The largest absolute Gasteiger partial charge is 0.359 e. The molecule has 2 aromatic heterocycles. The minimum absolute atomic E-state index is 0.499. The molecule has 2 aliphatic heterocycles. The van der Waals surface area contributed by atoms with Crippen LogP contribution in [0.15, 0.2) is 163 Å². The van der Waals surface area contributed by atoms with E-state index in [0.717, 1.165) is 34.4 Å². The number of aromatic amines is 1. The van der Waals surface area contributed by atoms with Gasteiger partial charge in [-0.3, -0.25) is 0 Å². The molecule has 0 saturated carbocycles. The van der Waals surface area contributed by atoms with Crippen molar-refractivity contribution in [2.45, 2.75) is 12.6 Å². The van der Waals surface area contributed by atoms with E-state index in [2.05, 4.69) is 142 Å². The molecule has 2 aliphatic rings. The standard InChI is InChI=1S/C49H32N6/c1-49(55-43-13-3-5-27-51-43)39-10-6-8-35-33(24-25-41(54-49)47(35)39)31-19-15-29-16-20-36-30(18-14-28-17-21-37(31)45(29)44(28)36)32-22-23-38-46-34(32)9-7-11-40(46)52-48(38)53-42-12-2-4-26-50-42/h2-27,54H,1H3,(H,51,55)(H,50,52,53)/p+1. The van der Waals surface area contributed by atoms with Crippen LogP contribution in [0.25, 0.3) is 76.1 Å². The van der Waals surface area contributed by atoms with Crippen molar-refractivity contribution in [1.82, 2.24) is 4.98 Å². The van der Waals surface area contributed by atoms with Crippen LogP contribution >= 0.6 is 0 Å². The summed E-state index contributed by atoms with van der Waals surface area (Å²) in [5, 5.41) is 23.6. The van der Waals surface area contributed by atoms with Crippen LogP contribution in [0.2, 0.25) is 0 Å². The third-order valence-corrected chi connectivity index (χ3v) is 11.7. The lowest BCUT2D eigenvalue weighted by Gasteiger charge is -2.29. The zero-order valence-electron chi connectivity index (χ0n) is 29.9. The fourth-order valence-electron chi connectivity index (χ4n) is 9.36. The monoisotopic (exact) mass is 705 g/mol. The average Bonchev–Trinajstić information content (AvgIpc) is 3.73. The third kappa shape index (κ3) is 4.33. The highest BCUT2D eigenvalue weighted by Gasteiger charge is 2.36. The van der Waals surface area contributed by atoms with Gasteiger partial charge in [-0.15, -0.1) is 0 Å². The van der Waals surface area contributed by atoms with Crippen LogP contribution in [0.3, 0.4) is 0 Å². The average molecular weight is 706 g/mol. The molecule has 0 bridgehead atoms. The van der Waals surface area contributed by atoms with Gasteiger partial charge in [0.15, 0.2) is 0 Å². The maximum atomic E-state index is 4.94. The summed E-state index contributed by atoms with van der Waals surface area (Å²) in [6.45, 7) is 2.19. The van der Waals surface area contributed by atoms with E-state index in [9.17, 15) is 0 Å². The van der Waals surface area contributed by atoms with Crippen molar-refractivity contribution >= 4 is 82.7 Å². The molecule has 0 spiro atoms. The molecule has 10 aromatic rings. The number of aromatic nitrogens is 2. The van der Waals surface area contributed by atoms with Crippen LogP contribution in [0, 0.1) is 0 Å². The van der Waals surface area contributed by atoms with Gasteiger partial charge >= 0.3 is 5.82 Å². The first kappa shape index (κ1) is 30.2. The maximum Gasteiger partial charge on any atom is 0.323 e. The Morgan fingerprint density at radius 2 is 1.18 bits per heavy atom. The molecule has 8 aromatic carbocycles. The van der Waals surface area contributed by atoms with E-state index in [-0.39, 0.29) is 0 Å². The van der Waals surface area contributed by atoms with Crippen LogP contribution in [-0.4, -0.2) is 10.8 Å². The smallest absolute Gasteiger partial charge is 0.323 e. The highest BCUT2D eigenvalue weighted by atomic mass is 15.2. The Hall–Kier alpha value is -7.31. The molecular formula is C49H33N6+. The van der Waals surface area contributed by atoms with Gasteiger partial charge in [-0.05, 0) is 114 Å². The predicted octanol–water partition coefficient (Wildman–Crippen LogP) is 11.6. The van der Waals surface area contributed by atoms with Crippen molar-refractivity contribution in [3.05, 3.63) is 169 Å². The van der Waals surface area contributed by atoms with Crippen LogP contribution in [0.4, 0.5) is 23.0 Å². The second-order valence-corrected chi connectivity index (χ2v) is 14.8. The fraction of sp³-hybridized carbons (Fsp3) is 0.0408. The number of anilines is 3. The maximum absolute atomic E-state index is 4.94. The number of amidine groups is 1. The van der Waals surface area contributed by atoms with Crippen molar-refractivity contribution in [2.75, 3.05) is 16.0 Å². The Bertz CT molecular complexity index is 3250. The molecule has 0 radical (unpaired) electrons. The lowest BCUT2D eigenvalue weighted by atomic mass is 9.85. The minimum Gasteiger partial charge on any atom is -0.359 e. The van der Waals surface area contributed by atoms with Gasteiger partial charge in [0.1, 0.15) is 11.5 Å². The molecule has 4 heterocycles. The number of hydrogen-bond donors (Lipinski definition) is 3. The number of nitrogens with zero attached hydrogens (tertiary/aromatic N) is 2. The summed E-state index contributed by atoms with van der Waals surface area (Å²) in [6, 6.07) is 52.6. The molecule has 0 aliphatic carbocycles. The molecule has 55 heavy (non-hydrogen) atoms. The number of nitrogens with one attached hydrogen (secondary N) is 4. The van der Waals surface area contributed by atoms with E-state index in [1.54, 1.807) is 0 Å². The Labute approximate surface area is 316 Å². The summed E-state index contributed by atoms with van der Waals surface area (Å²) in [6.07, 6.45) is 3.73. The van der Waals surface area contributed by atoms with Gasteiger partial charge < -0.3 is 16.0 Å². The molecule has 0 amide bonds. The lowest BCUT2D eigenvalue weighted by molar-refractivity contribution is -0.362. The summed E-state index contributed by atoms with van der Waals surface area (Å²) >= 11 is 0. The van der Waals surface area contributed by atoms with Crippen LogP contribution in [0.5, 0.6) is 0 Å². The van der Waals surface area contributed by atoms with Crippen molar-refractivity contribution in [2.24, 2.45) is 4.99 Å². The number of H-pyrrole nitrogens is 1. The van der Waals surface area contributed by atoms with Crippen molar-refractivity contribution in [1.29, 1.82) is 0 Å². The Kier molecular flexibility index (Phi) is 6.09. The van der Waals surface area contributed by atoms with Crippen molar-refractivity contribution in [3.8, 4) is 22.3 Å². The third-order valence-electron chi connectivity index (χ3n) is 11.7. The van der Waals surface area contributed by atoms with E-state index in [1.165, 1.54) is 81.7 Å². The highest BCUT2D eigenvalue weighted by Crippen LogP contribution is 2.49. The number of aliphatic imine (C=N–C) groups is 1. The number of rotatable bonds is 5. The van der Waals surface area contributed by atoms with Crippen LogP contribution in [-0.2, 0) is 5.66 Å². The van der Waals surface area contributed by atoms with E-state index >= 15 is 0 Å². The van der Waals surface area contributed by atoms with Crippen molar-refractivity contribution < 1.29 is 4.98 Å². The summed E-state index contributed by atoms with van der Waals surface area (Å²) in [5.41, 5.74) is 8.95. The van der Waals surface area contributed by atoms with E-state index in [0.29, 0.717) is 0 Å². The Morgan fingerprint density at radius 3 is 1.89 bits per heavy atom. The van der Waals surface area contributed by atoms with Crippen LogP contribution < -0.4 is 20.9 Å². The first-order valence-electron chi connectivity index (χ1n) is 18.7. The molecule has 4 N–H and O–H groups in total. The number of pyridine rings is 2. The predicted molar refractivity (Wildman–Crippen MR) is 228 cm³/mol. The normalized spacial score (nSPS) is 16.5. The lowest BCUT2D eigenvalue weighted by Crippen LogP contribution is -2.37.